The minimum Gasteiger partial charge on any atom is -0.297 e. The molecule has 0 spiro atoms. The van der Waals surface area contributed by atoms with Gasteiger partial charge in [-0.05, 0) is 18.6 Å². The second kappa shape index (κ2) is 4.46. The van der Waals surface area contributed by atoms with Crippen LogP contribution in [-0.4, -0.2) is 16.8 Å². The Balaban J connectivity index is 2.34. The minimum absolute atomic E-state index is 0.208. The smallest absolute Gasteiger partial charge is 0.157 e. The first kappa shape index (κ1) is 8.67. The van der Waals surface area contributed by atoms with Gasteiger partial charge in [-0.3, -0.25) is 4.79 Å². The molecule has 1 fully saturated rings. The van der Waals surface area contributed by atoms with Crippen molar-refractivity contribution in [3.8, 4) is 12.3 Å². The summed E-state index contributed by atoms with van der Waals surface area (Å²) in [5, 5.41) is 0.208. The van der Waals surface area contributed by atoms with Crippen LogP contribution in [0.1, 0.15) is 25.7 Å². The first-order chi connectivity index (χ1) is 5.34. The number of terminal acetylenes is 1. The van der Waals surface area contributed by atoms with E-state index in [1.165, 1.54) is 12.8 Å². The normalized spacial score (nSPS) is 24.1. The van der Waals surface area contributed by atoms with Crippen LogP contribution in [0, 0.1) is 12.3 Å². The first-order valence-electron chi connectivity index (χ1n) is 3.92. The van der Waals surface area contributed by atoms with E-state index in [1.54, 1.807) is 11.8 Å². The molecule has 0 N–H and O–H groups in total. The maximum absolute atomic E-state index is 11.2. The van der Waals surface area contributed by atoms with Crippen LogP contribution in [-0.2, 0) is 4.79 Å². The van der Waals surface area contributed by atoms with Crippen molar-refractivity contribution in [3.05, 3.63) is 0 Å². The van der Waals surface area contributed by atoms with Crippen molar-refractivity contribution >= 4 is 17.5 Å². The van der Waals surface area contributed by atoms with Gasteiger partial charge in [-0.2, -0.15) is 11.8 Å². The van der Waals surface area contributed by atoms with Gasteiger partial charge in [-0.1, -0.05) is 12.3 Å². The third-order valence-corrected chi connectivity index (χ3v) is 3.24. The quantitative estimate of drug-likeness (QED) is 0.585. The summed E-state index contributed by atoms with van der Waals surface area (Å²) in [6.07, 6.45) is 8.85. The molecule has 1 aliphatic heterocycles. The lowest BCUT2D eigenvalue weighted by molar-refractivity contribution is -0.117. The summed E-state index contributed by atoms with van der Waals surface area (Å²) in [5.74, 6) is 3.78. The van der Waals surface area contributed by atoms with E-state index in [4.69, 9.17) is 6.42 Å². The highest BCUT2D eigenvalue weighted by Gasteiger charge is 2.20. The molecular formula is C9H12OS. The zero-order valence-electron chi connectivity index (χ0n) is 6.51. The predicted octanol–water partition coefficient (Wildman–Crippen LogP) is 1.86. The number of rotatable bonds is 2. The average Bonchev–Trinajstić information content (AvgIpc) is 2.07. The molecule has 0 radical (unpaired) electrons. The van der Waals surface area contributed by atoms with Crippen LogP contribution in [0.3, 0.4) is 0 Å². The molecule has 1 aliphatic rings. The van der Waals surface area contributed by atoms with E-state index in [0.29, 0.717) is 6.42 Å². The Morgan fingerprint density at radius 2 is 2.45 bits per heavy atom. The Morgan fingerprint density at radius 3 is 3.00 bits per heavy atom. The molecule has 0 amide bonds. The van der Waals surface area contributed by atoms with Gasteiger partial charge in [0.1, 0.15) is 0 Å². The summed E-state index contributed by atoms with van der Waals surface area (Å²) >= 11 is 1.77. The molecule has 0 aromatic heterocycles. The molecule has 0 aromatic rings. The lowest BCUT2D eigenvalue weighted by atomic mass is 10.1. The summed E-state index contributed by atoms with van der Waals surface area (Å²) < 4.78 is 0. The maximum atomic E-state index is 11.2. The molecule has 1 nitrogen and oxygen atoms in total. The topological polar surface area (TPSA) is 17.1 Å². The van der Waals surface area contributed by atoms with Gasteiger partial charge in [0, 0.05) is 0 Å². The number of carbonyl (C=O) groups excluding carboxylic acids is 1. The van der Waals surface area contributed by atoms with Crippen LogP contribution in [0.25, 0.3) is 0 Å². The number of thioether (sulfide) groups is 1. The molecular weight excluding hydrogens is 156 g/mol. The second-order valence-electron chi connectivity index (χ2n) is 2.70. The molecule has 11 heavy (non-hydrogen) atoms. The SMILES string of the molecule is C#CCC(=O)C1CCCCS1. The van der Waals surface area contributed by atoms with E-state index in [9.17, 15) is 4.79 Å². The van der Waals surface area contributed by atoms with E-state index in [2.05, 4.69) is 5.92 Å². The third-order valence-electron chi connectivity index (χ3n) is 1.82. The van der Waals surface area contributed by atoms with Crippen molar-refractivity contribution < 1.29 is 4.79 Å². The van der Waals surface area contributed by atoms with Crippen molar-refractivity contribution in [1.82, 2.24) is 0 Å². The molecule has 1 rings (SSSR count). The van der Waals surface area contributed by atoms with Gasteiger partial charge in [-0.25, -0.2) is 0 Å². The van der Waals surface area contributed by atoms with Gasteiger partial charge in [0.15, 0.2) is 5.78 Å². The monoisotopic (exact) mass is 168 g/mol. The summed E-state index contributed by atoms with van der Waals surface area (Å²) in [5.41, 5.74) is 0. The average molecular weight is 168 g/mol. The van der Waals surface area contributed by atoms with E-state index in [1.807, 2.05) is 0 Å². The Bertz CT molecular complexity index is 174. The molecule has 60 valence electrons. The zero-order valence-corrected chi connectivity index (χ0v) is 7.32. The van der Waals surface area contributed by atoms with Crippen LogP contribution >= 0.6 is 11.8 Å². The van der Waals surface area contributed by atoms with Crippen molar-refractivity contribution in [2.24, 2.45) is 0 Å². The van der Waals surface area contributed by atoms with Crippen LogP contribution in [0.5, 0.6) is 0 Å². The van der Waals surface area contributed by atoms with Gasteiger partial charge < -0.3 is 0 Å². The first-order valence-corrected chi connectivity index (χ1v) is 4.97. The van der Waals surface area contributed by atoms with Crippen LogP contribution < -0.4 is 0 Å². The fourth-order valence-corrected chi connectivity index (χ4v) is 2.47. The molecule has 0 aromatic carbocycles. The largest absolute Gasteiger partial charge is 0.297 e. The molecule has 1 heterocycles. The Labute approximate surface area is 71.9 Å². The van der Waals surface area contributed by atoms with Crippen LogP contribution in [0.4, 0.5) is 0 Å². The van der Waals surface area contributed by atoms with Gasteiger partial charge in [-0.15, -0.1) is 6.42 Å². The summed E-state index contributed by atoms with van der Waals surface area (Å²) in [4.78, 5) is 11.2. The van der Waals surface area contributed by atoms with Crippen molar-refractivity contribution in [2.75, 3.05) is 5.75 Å². The zero-order chi connectivity index (χ0) is 8.10. The number of hydrogen-bond donors (Lipinski definition) is 0. The van der Waals surface area contributed by atoms with E-state index in [-0.39, 0.29) is 11.0 Å². The lowest BCUT2D eigenvalue weighted by Gasteiger charge is -2.18. The van der Waals surface area contributed by atoms with Gasteiger partial charge >= 0.3 is 0 Å². The summed E-state index contributed by atoms with van der Waals surface area (Å²) in [6.45, 7) is 0. The molecule has 0 aliphatic carbocycles. The Morgan fingerprint density at radius 1 is 1.64 bits per heavy atom. The molecule has 0 bridgehead atoms. The third kappa shape index (κ3) is 2.59. The number of Topliss-reactive ketones (excluding diaryl/α,β-unsaturated/α-hetero) is 1. The molecule has 1 saturated heterocycles. The van der Waals surface area contributed by atoms with E-state index in [0.717, 1.165) is 12.2 Å². The number of hydrogen-bond acceptors (Lipinski definition) is 2. The van der Waals surface area contributed by atoms with Gasteiger partial charge in [0.2, 0.25) is 0 Å². The molecule has 0 saturated carbocycles. The summed E-state index contributed by atoms with van der Waals surface area (Å²) in [7, 11) is 0. The van der Waals surface area contributed by atoms with Crippen LogP contribution in [0.2, 0.25) is 0 Å². The van der Waals surface area contributed by atoms with Crippen LogP contribution in [0.15, 0.2) is 0 Å². The van der Waals surface area contributed by atoms with Crippen molar-refractivity contribution in [1.29, 1.82) is 0 Å². The highest BCUT2D eigenvalue weighted by molar-refractivity contribution is 8.00. The van der Waals surface area contributed by atoms with Gasteiger partial charge in [0.05, 0.1) is 11.7 Å². The molecule has 1 unspecified atom stereocenters. The van der Waals surface area contributed by atoms with Crippen molar-refractivity contribution in [2.45, 2.75) is 30.9 Å². The second-order valence-corrected chi connectivity index (χ2v) is 4.01. The molecule has 2 heteroatoms. The van der Waals surface area contributed by atoms with Gasteiger partial charge in [0.25, 0.3) is 0 Å². The molecule has 1 atom stereocenters. The van der Waals surface area contributed by atoms with E-state index >= 15 is 0 Å². The fraction of sp³-hybridized carbons (Fsp3) is 0.667. The minimum atomic E-state index is 0.208. The number of carbonyl (C=O) groups is 1. The highest BCUT2D eigenvalue weighted by Crippen LogP contribution is 2.26. The van der Waals surface area contributed by atoms with E-state index < -0.39 is 0 Å². The van der Waals surface area contributed by atoms with Crippen molar-refractivity contribution in [3.63, 3.8) is 0 Å². The Kier molecular flexibility index (Phi) is 3.51. The lowest BCUT2D eigenvalue weighted by Crippen LogP contribution is -2.19. The predicted molar refractivity (Wildman–Crippen MR) is 48.6 cm³/mol. The Hall–Kier alpha value is -0.420. The summed E-state index contributed by atoms with van der Waals surface area (Å²) in [6, 6.07) is 0. The highest BCUT2D eigenvalue weighted by atomic mass is 32.2. The standard InChI is InChI=1S/C9H12OS/c1-2-5-8(10)9-6-3-4-7-11-9/h1,9H,3-7H2. The number of ketones is 1. The maximum Gasteiger partial charge on any atom is 0.157 e. The fourth-order valence-electron chi connectivity index (χ4n) is 1.21.